The molecule has 2 spiro atoms. The zero-order valence-corrected chi connectivity index (χ0v) is 42.9. The average molecular weight is 958 g/mol. The van der Waals surface area contributed by atoms with Crippen LogP contribution in [0.4, 0.5) is 17.1 Å². The number of anilines is 3. The van der Waals surface area contributed by atoms with E-state index in [2.05, 4.69) is 271 Å². The van der Waals surface area contributed by atoms with E-state index >= 15 is 0 Å². The van der Waals surface area contributed by atoms with Gasteiger partial charge < -0.3 is 9.64 Å². The smallest absolute Gasteiger partial charge is 0.132 e. The molecule has 2 aliphatic heterocycles. The molecule has 10 aromatic rings. The molecule has 0 radical (unpaired) electrons. The van der Waals surface area contributed by atoms with Crippen molar-refractivity contribution in [3.63, 3.8) is 0 Å². The molecule has 2 nitrogen and oxygen atoms in total. The summed E-state index contributed by atoms with van der Waals surface area (Å²) in [5, 5.41) is 0. The van der Waals surface area contributed by atoms with Crippen LogP contribution in [0, 0.1) is 0 Å². The van der Waals surface area contributed by atoms with Gasteiger partial charge in [0.05, 0.1) is 16.5 Å². The van der Waals surface area contributed by atoms with E-state index < -0.39 is 10.8 Å². The van der Waals surface area contributed by atoms with Crippen LogP contribution in [0.5, 0.6) is 11.5 Å². The highest BCUT2D eigenvalue weighted by molar-refractivity contribution is 7.99. The summed E-state index contributed by atoms with van der Waals surface area (Å²) in [7, 11) is 0. The van der Waals surface area contributed by atoms with Gasteiger partial charge in [0.15, 0.2) is 0 Å². The summed E-state index contributed by atoms with van der Waals surface area (Å²) in [4.78, 5) is 5.16. The van der Waals surface area contributed by atoms with E-state index in [1.807, 2.05) is 11.8 Å². The predicted octanol–water partition coefficient (Wildman–Crippen LogP) is 18.7. The minimum absolute atomic E-state index is 0.0504. The fourth-order valence-corrected chi connectivity index (χ4v) is 14.1. The molecule has 0 unspecified atom stereocenters. The zero-order valence-electron chi connectivity index (χ0n) is 42.1. The first-order valence-corrected chi connectivity index (χ1v) is 26.6. The molecule has 14 rings (SSSR count). The van der Waals surface area contributed by atoms with Crippen LogP contribution < -0.4 is 9.64 Å². The molecule has 0 amide bonds. The molecule has 0 N–H and O–H groups in total. The lowest BCUT2D eigenvalue weighted by Crippen LogP contribution is -2.33. The highest BCUT2D eigenvalue weighted by atomic mass is 32.2. The van der Waals surface area contributed by atoms with Crippen LogP contribution in [-0.2, 0) is 21.7 Å². The fourth-order valence-electron chi connectivity index (χ4n) is 12.9. The molecule has 0 saturated carbocycles. The molecule has 352 valence electrons. The van der Waals surface area contributed by atoms with Crippen LogP contribution in [0.2, 0.25) is 0 Å². The van der Waals surface area contributed by atoms with Gasteiger partial charge in [-0.05, 0) is 138 Å². The quantitative estimate of drug-likeness (QED) is 0.174. The van der Waals surface area contributed by atoms with Gasteiger partial charge in [-0.1, -0.05) is 223 Å². The van der Waals surface area contributed by atoms with E-state index in [1.165, 1.54) is 82.1 Å². The van der Waals surface area contributed by atoms with Crippen molar-refractivity contribution in [2.45, 2.75) is 73.0 Å². The highest BCUT2D eigenvalue weighted by Gasteiger charge is 2.53. The average Bonchev–Trinajstić information content (AvgIpc) is 3.86. The van der Waals surface area contributed by atoms with Crippen molar-refractivity contribution in [1.29, 1.82) is 0 Å². The predicted molar refractivity (Wildman–Crippen MR) is 303 cm³/mol. The maximum Gasteiger partial charge on any atom is 0.132 e. The van der Waals surface area contributed by atoms with Gasteiger partial charge in [-0.15, -0.1) is 0 Å². The van der Waals surface area contributed by atoms with Crippen molar-refractivity contribution in [3.8, 4) is 44.9 Å². The van der Waals surface area contributed by atoms with E-state index in [4.69, 9.17) is 4.74 Å². The van der Waals surface area contributed by atoms with Gasteiger partial charge in [0.2, 0.25) is 0 Å². The van der Waals surface area contributed by atoms with Crippen LogP contribution in [0.3, 0.4) is 0 Å². The Morgan fingerprint density at radius 1 is 0.342 bits per heavy atom. The van der Waals surface area contributed by atoms with Crippen molar-refractivity contribution >= 4 is 28.8 Å². The Morgan fingerprint density at radius 2 is 0.753 bits per heavy atom. The van der Waals surface area contributed by atoms with Crippen LogP contribution in [0.25, 0.3) is 33.4 Å². The van der Waals surface area contributed by atoms with Gasteiger partial charge in [-0.2, -0.15) is 0 Å². The lowest BCUT2D eigenvalue weighted by molar-refractivity contribution is 0.436. The van der Waals surface area contributed by atoms with E-state index in [-0.39, 0.29) is 10.8 Å². The molecule has 10 aromatic carbocycles. The molecule has 4 aliphatic rings. The SMILES string of the molecule is CC(C)(C)c1ccc2c(c1)C1(c3cc(C(C)(C)C)ccc3S2)c2ccccc2-c2ccc(N(c3ccc4c(c3)C3(c5ccccc5Oc5ccccc53)c3ccccc3-4)c3ccccc3-c3ccccc3)cc21. The minimum Gasteiger partial charge on any atom is -0.457 e. The van der Waals surface area contributed by atoms with Gasteiger partial charge in [-0.25, -0.2) is 0 Å². The number of ether oxygens (including phenoxy) is 1. The van der Waals surface area contributed by atoms with Gasteiger partial charge in [-0.3, -0.25) is 0 Å². The van der Waals surface area contributed by atoms with E-state index in [1.54, 1.807) is 0 Å². The first-order chi connectivity index (χ1) is 35.5. The number of hydrogen-bond acceptors (Lipinski definition) is 3. The van der Waals surface area contributed by atoms with Crippen LogP contribution >= 0.6 is 11.8 Å². The molecule has 0 fully saturated rings. The molecule has 0 atom stereocenters. The molecular weight excluding hydrogens is 903 g/mol. The summed E-state index contributed by atoms with van der Waals surface area (Å²) in [5.41, 5.74) is 22.3. The normalized spacial score (nSPS) is 14.7. The third kappa shape index (κ3) is 6.25. The summed E-state index contributed by atoms with van der Waals surface area (Å²) in [6.45, 7) is 14.1. The molecule has 3 heteroatoms. The molecule has 0 aromatic heterocycles. The number of benzene rings is 10. The summed E-state index contributed by atoms with van der Waals surface area (Å²) in [6, 6.07) is 84.7. The van der Waals surface area contributed by atoms with E-state index in [9.17, 15) is 0 Å². The molecular formula is C70H55NOS. The maximum absolute atomic E-state index is 6.79. The van der Waals surface area contributed by atoms with Crippen LogP contribution in [0.1, 0.15) is 97.2 Å². The first kappa shape index (κ1) is 43.9. The Balaban J connectivity index is 1.08. The topological polar surface area (TPSA) is 12.5 Å². The second-order valence-corrected chi connectivity index (χ2v) is 23.5. The molecule has 2 aliphatic carbocycles. The Morgan fingerprint density at radius 3 is 1.26 bits per heavy atom. The lowest BCUT2D eigenvalue weighted by atomic mass is 9.65. The van der Waals surface area contributed by atoms with Crippen molar-refractivity contribution < 1.29 is 4.74 Å². The van der Waals surface area contributed by atoms with Gasteiger partial charge in [0, 0.05) is 37.9 Å². The molecule has 2 heterocycles. The van der Waals surface area contributed by atoms with Crippen LogP contribution in [-0.4, -0.2) is 0 Å². The Labute approximate surface area is 434 Å². The Kier molecular flexibility index (Phi) is 9.52. The monoisotopic (exact) mass is 957 g/mol. The van der Waals surface area contributed by atoms with E-state index in [0.717, 1.165) is 45.3 Å². The van der Waals surface area contributed by atoms with Gasteiger partial charge in [0.25, 0.3) is 0 Å². The standard InChI is InChI=1S/C70H55NOS/c1-67(2,3)45-32-38-65-60(40-45)70(61-41-46(68(4,5)6)33-39-66(61)73-65)55-26-14-11-24-51(55)53-37-35-48(43-59(53)70)71(62-29-17-12-22-49(62)44-20-8-7-9-21-44)47-34-36-52-50-23-10-13-25-54(50)69(58(52)42-47)56-27-15-18-30-63(56)72-64-31-19-16-28-57(64)69/h7-43H,1-6H3. The highest BCUT2D eigenvalue weighted by Crippen LogP contribution is 2.65. The largest absolute Gasteiger partial charge is 0.457 e. The maximum atomic E-state index is 6.79. The lowest BCUT2D eigenvalue weighted by Gasteiger charge is -2.42. The van der Waals surface area contributed by atoms with Crippen molar-refractivity contribution in [2.75, 3.05) is 4.90 Å². The first-order valence-electron chi connectivity index (χ1n) is 25.7. The number of fused-ring (bicyclic) bond motifs is 18. The summed E-state index contributed by atoms with van der Waals surface area (Å²) < 4.78 is 6.79. The summed E-state index contributed by atoms with van der Waals surface area (Å²) in [5.74, 6) is 1.78. The fraction of sp³-hybridized carbons (Fsp3) is 0.143. The number of nitrogens with zero attached hydrogens (tertiary/aromatic N) is 1. The third-order valence-electron chi connectivity index (χ3n) is 16.3. The van der Waals surface area contributed by atoms with Crippen molar-refractivity contribution in [3.05, 3.63) is 280 Å². The third-order valence-corrected chi connectivity index (χ3v) is 17.5. The van der Waals surface area contributed by atoms with Crippen molar-refractivity contribution in [2.24, 2.45) is 0 Å². The number of para-hydroxylation sites is 3. The molecule has 0 saturated heterocycles. The number of rotatable bonds is 4. The van der Waals surface area contributed by atoms with Gasteiger partial charge in [0.1, 0.15) is 11.5 Å². The molecule has 0 bridgehead atoms. The zero-order chi connectivity index (χ0) is 49.4. The number of hydrogen-bond donors (Lipinski definition) is 0. The summed E-state index contributed by atoms with van der Waals surface area (Å²) >= 11 is 1.92. The van der Waals surface area contributed by atoms with Gasteiger partial charge >= 0.3 is 0 Å². The Bertz CT molecular complexity index is 3800. The molecule has 73 heavy (non-hydrogen) atoms. The minimum atomic E-state index is -0.621. The Hall–Kier alpha value is -7.85. The second-order valence-electron chi connectivity index (χ2n) is 22.4. The summed E-state index contributed by atoms with van der Waals surface area (Å²) in [6.07, 6.45) is 0. The second kappa shape index (κ2) is 15.8. The van der Waals surface area contributed by atoms with Crippen molar-refractivity contribution in [1.82, 2.24) is 0 Å². The van der Waals surface area contributed by atoms with Crippen LogP contribution in [0.15, 0.2) is 234 Å². The van der Waals surface area contributed by atoms with E-state index in [0.29, 0.717) is 0 Å².